The maximum Gasteiger partial charge on any atom is 0.293 e. The first-order valence-corrected chi connectivity index (χ1v) is 6.70. The fourth-order valence-corrected chi connectivity index (χ4v) is 1.75. The molecule has 1 aromatic rings. The third-order valence-corrected chi connectivity index (χ3v) is 2.64. The number of hydrogen-bond acceptors (Lipinski definition) is 3. The van der Waals surface area contributed by atoms with Crippen molar-refractivity contribution in [2.45, 2.75) is 13.5 Å². The van der Waals surface area contributed by atoms with E-state index >= 15 is 0 Å². The number of amides is 2. The van der Waals surface area contributed by atoms with Gasteiger partial charge in [0.05, 0.1) is 7.05 Å². The topological polar surface area (TPSA) is 71.9 Å². The maximum absolute atomic E-state index is 11.5. The minimum Gasteiger partial charge on any atom is -0.490 e. The molecular weight excluding hydrogens is 270 g/mol. The first kappa shape index (κ1) is 16.7. The summed E-state index contributed by atoms with van der Waals surface area (Å²) in [5, 5.41) is 0. The highest BCUT2D eigenvalue weighted by Gasteiger charge is 2.10. The quantitative estimate of drug-likeness (QED) is 0.466. The SMILES string of the molecule is C=CCOc1ccc(C[NH+](C)CC(=O)NNC(C)=O)cc1. The average Bonchev–Trinajstić information content (AvgIpc) is 2.44. The monoisotopic (exact) mass is 292 g/mol. The summed E-state index contributed by atoms with van der Waals surface area (Å²) in [6, 6.07) is 7.72. The van der Waals surface area contributed by atoms with Crippen molar-refractivity contribution in [3.63, 3.8) is 0 Å². The second-order valence-electron chi connectivity index (χ2n) is 4.78. The van der Waals surface area contributed by atoms with E-state index < -0.39 is 0 Å². The Bertz CT molecular complexity index is 485. The van der Waals surface area contributed by atoms with Gasteiger partial charge in [-0.05, 0) is 24.3 Å². The lowest BCUT2D eigenvalue weighted by molar-refractivity contribution is -0.885. The van der Waals surface area contributed by atoms with Crippen LogP contribution in [0.1, 0.15) is 12.5 Å². The molecule has 0 aliphatic rings. The third kappa shape index (κ3) is 7.12. The van der Waals surface area contributed by atoms with Crippen LogP contribution in [-0.2, 0) is 16.1 Å². The van der Waals surface area contributed by atoms with E-state index in [1.54, 1.807) is 6.08 Å². The van der Waals surface area contributed by atoms with E-state index in [2.05, 4.69) is 17.4 Å². The third-order valence-electron chi connectivity index (χ3n) is 2.64. The van der Waals surface area contributed by atoms with Crippen molar-refractivity contribution in [1.82, 2.24) is 10.9 Å². The number of hydrogen-bond donors (Lipinski definition) is 3. The number of hydrazine groups is 1. The molecule has 0 saturated carbocycles. The van der Waals surface area contributed by atoms with E-state index in [0.29, 0.717) is 13.2 Å². The van der Waals surface area contributed by atoms with Crippen LogP contribution < -0.4 is 20.5 Å². The molecule has 0 saturated heterocycles. The molecule has 1 unspecified atom stereocenters. The first-order chi connectivity index (χ1) is 10.0. The molecule has 1 aromatic carbocycles. The lowest BCUT2D eigenvalue weighted by Gasteiger charge is -2.14. The molecule has 21 heavy (non-hydrogen) atoms. The highest BCUT2D eigenvalue weighted by atomic mass is 16.5. The molecule has 1 atom stereocenters. The molecule has 0 bridgehead atoms. The van der Waals surface area contributed by atoms with Gasteiger partial charge >= 0.3 is 0 Å². The number of ether oxygens (including phenoxy) is 1. The van der Waals surface area contributed by atoms with Crippen LogP contribution in [0, 0.1) is 0 Å². The largest absolute Gasteiger partial charge is 0.490 e. The summed E-state index contributed by atoms with van der Waals surface area (Å²) in [6.45, 7) is 6.39. The van der Waals surface area contributed by atoms with Crippen molar-refractivity contribution in [3.8, 4) is 5.75 Å². The minimum absolute atomic E-state index is 0.228. The predicted octanol–water partition coefficient (Wildman–Crippen LogP) is -0.567. The number of carbonyl (C=O) groups excluding carboxylic acids is 2. The number of quaternary nitrogens is 1. The predicted molar refractivity (Wildman–Crippen MR) is 79.6 cm³/mol. The summed E-state index contributed by atoms with van der Waals surface area (Å²) in [4.78, 5) is 23.2. The van der Waals surface area contributed by atoms with Gasteiger partial charge < -0.3 is 9.64 Å². The molecule has 0 fully saturated rings. The Hall–Kier alpha value is -2.34. The van der Waals surface area contributed by atoms with Crippen LogP contribution >= 0.6 is 0 Å². The Morgan fingerprint density at radius 1 is 1.29 bits per heavy atom. The van der Waals surface area contributed by atoms with E-state index in [1.165, 1.54) is 6.92 Å². The van der Waals surface area contributed by atoms with E-state index in [0.717, 1.165) is 16.2 Å². The molecule has 114 valence electrons. The van der Waals surface area contributed by atoms with Gasteiger partial charge in [-0.2, -0.15) is 0 Å². The molecule has 0 aliphatic carbocycles. The molecular formula is C15H22N3O3+. The molecule has 0 radical (unpaired) electrons. The zero-order chi connectivity index (χ0) is 15.7. The second kappa shape index (κ2) is 8.76. The second-order valence-corrected chi connectivity index (χ2v) is 4.78. The molecule has 0 spiro atoms. The fourth-order valence-electron chi connectivity index (χ4n) is 1.75. The average molecular weight is 292 g/mol. The normalized spacial score (nSPS) is 11.3. The van der Waals surface area contributed by atoms with Gasteiger partial charge in [0.25, 0.3) is 5.91 Å². The summed E-state index contributed by atoms with van der Waals surface area (Å²) in [7, 11) is 1.91. The van der Waals surface area contributed by atoms with Crippen LogP contribution in [0.5, 0.6) is 5.75 Å². The van der Waals surface area contributed by atoms with Gasteiger partial charge in [-0.1, -0.05) is 12.7 Å². The lowest BCUT2D eigenvalue weighted by atomic mass is 10.2. The van der Waals surface area contributed by atoms with Crippen molar-refractivity contribution in [3.05, 3.63) is 42.5 Å². The Kier molecular flexibility index (Phi) is 6.97. The van der Waals surface area contributed by atoms with Crippen LogP contribution in [0.2, 0.25) is 0 Å². The summed E-state index contributed by atoms with van der Waals surface area (Å²) >= 11 is 0. The van der Waals surface area contributed by atoms with Gasteiger partial charge in [0.2, 0.25) is 5.91 Å². The van der Waals surface area contributed by atoms with Crippen molar-refractivity contribution >= 4 is 11.8 Å². The summed E-state index contributed by atoms with van der Waals surface area (Å²) in [5.74, 6) is 0.268. The Morgan fingerprint density at radius 3 is 2.52 bits per heavy atom. The fraction of sp³-hybridized carbons (Fsp3) is 0.333. The van der Waals surface area contributed by atoms with Crippen molar-refractivity contribution in [1.29, 1.82) is 0 Å². The molecule has 0 heterocycles. The van der Waals surface area contributed by atoms with Crippen LogP contribution in [0.25, 0.3) is 0 Å². The highest BCUT2D eigenvalue weighted by molar-refractivity contribution is 5.81. The number of likely N-dealkylation sites (N-methyl/N-ethyl adjacent to an activating group) is 1. The van der Waals surface area contributed by atoms with Gasteiger partial charge in [0, 0.05) is 12.5 Å². The Labute approximate surface area is 124 Å². The van der Waals surface area contributed by atoms with E-state index in [1.807, 2.05) is 31.3 Å². The van der Waals surface area contributed by atoms with Gasteiger partial charge in [-0.15, -0.1) is 0 Å². The van der Waals surface area contributed by atoms with Gasteiger partial charge in [0.15, 0.2) is 6.54 Å². The van der Waals surface area contributed by atoms with Crippen molar-refractivity contribution < 1.29 is 19.2 Å². The highest BCUT2D eigenvalue weighted by Crippen LogP contribution is 2.11. The van der Waals surface area contributed by atoms with Crippen molar-refractivity contribution in [2.75, 3.05) is 20.2 Å². The molecule has 0 aromatic heterocycles. The van der Waals surface area contributed by atoms with Gasteiger partial charge in [-0.25, -0.2) is 0 Å². The van der Waals surface area contributed by atoms with Gasteiger partial charge in [-0.3, -0.25) is 20.4 Å². The Morgan fingerprint density at radius 2 is 1.95 bits per heavy atom. The lowest BCUT2D eigenvalue weighted by Crippen LogP contribution is -3.09. The number of nitrogens with one attached hydrogen (secondary N) is 3. The maximum atomic E-state index is 11.5. The number of rotatable bonds is 7. The van der Waals surface area contributed by atoms with Crippen LogP contribution in [0.3, 0.4) is 0 Å². The first-order valence-electron chi connectivity index (χ1n) is 6.70. The summed E-state index contributed by atoms with van der Waals surface area (Å²) in [5.41, 5.74) is 5.71. The smallest absolute Gasteiger partial charge is 0.293 e. The molecule has 3 N–H and O–H groups in total. The van der Waals surface area contributed by atoms with Gasteiger partial charge in [0.1, 0.15) is 18.9 Å². The molecule has 1 rings (SSSR count). The standard InChI is InChI=1S/C15H21N3O3/c1-4-9-21-14-7-5-13(6-8-14)10-18(3)11-15(20)17-16-12(2)19/h4-8H,1,9-11H2,2-3H3,(H,16,19)(H,17,20)/p+1. The molecule has 6 heteroatoms. The van der Waals surface area contributed by atoms with Crippen LogP contribution in [0.4, 0.5) is 0 Å². The van der Waals surface area contributed by atoms with Crippen molar-refractivity contribution in [2.24, 2.45) is 0 Å². The number of benzene rings is 1. The van der Waals surface area contributed by atoms with E-state index in [9.17, 15) is 9.59 Å². The molecule has 6 nitrogen and oxygen atoms in total. The van der Waals surface area contributed by atoms with Crippen LogP contribution in [0.15, 0.2) is 36.9 Å². The number of carbonyl (C=O) groups is 2. The molecule has 2 amide bonds. The zero-order valence-electron chi connectivity index (χ0n) is 12.4. The van der Waals surface area contributed by atoms with Crippen LogP contribution in [-0.4, -0.2) is 32.0 Å². The minimum atomic E-state index is -0.295. The van der Waals surface area contributed by atoms with E-state index in [4.69, 9.17) is 4.74 Å². The zero-order valence-corrected chi connectivity index (χ0v) is 12.4. The van der Waals surface area contributed by atoms with E-state index in [-0.39, 0.29) is 18.4 Å². The Balaban J connectivity index is 2.39. The summed E-state index contributed by atoms with van der Waals surface area (Å²) in [6.07, 6.45) is 1.69. The summed E-state index contributed by atoms with van der Waals surface area (Å²) < 4.78 is 5.40. The molecule has 0 aliphatic heterocycles.